The van der Waals surface area contributed by atoms with Crippen molar-refractivity contribution in [3.05, 3.63) is 71.9 Å². The molecule has 4 aromatic rings. The number of aromatic nitrogens is 2. The molecule has 1 amide bonds. The van der Waals surface area contributed by atoms with E-state index in [0.717, 1.165) is 28.6 Å². The van der Waals surface area contributed by atoms with Crippen LogP contribution < -0.4 is 4.90 Å². The van der Waals surface area contributed by atoms with Crippen molar-refractivity contribution < 1.29 is 13.2 Å². The van der Waals surface area contributed by atoms with E-state index in [1.165, 1.54) is 27.0 Å². The number of nitrogens with zero attached hydrogens (tertiary/aromatic N) is 4. The van der Waals surface area contributed by atoms with Gasteiger partial charge in [0.15, 0.2) is 5.13 Å². The normalized spacial score (nSPS) is 17.3. The first-order valence-electron chi connectivity index (χ1n) is 10.7. The second kappa shape index (κ2) is 9.30. The summed E-state index contributed by atoms with van der Waals surface area (Å²) in [5, 5.41) is 2.30. The van der Waals surface area contributed by atoms with Crippen LogP contribution in [0.5, 0.6) is 0 Å². The number of anilines is 1. The van der Waals surface area contributed by atoms with Crippen molar-refractivity contribution in [1.29, 1.82) is 0 Å². The Labute approximate surface area is 200 Å². The minimum Gasteiger partial charge on any atom is -0.282 e. The quantitative estimate of drug-likeness (QED) is 0.390. The maximum Gasteiger partial charge on any atom is 0.253 e. The summed E-state index contributed by atoms with van der Waals surface area (Å²) in [7, 11) is -3.75. The monoisotopic (exact) mass is 498 g/mol. The van der Waals surface area contributed by atoms with E-state index in [-0.39, 0.29) is 16.7 Å². The van der Waals surface area contributed by atoms with Crippen LogP contribution in [0.25, 0.3) is 10.2 Å². The van der Waals surface area contributed by atoms with Gasteiger partial charge in [0.05, 0.1) is 16.8 Å². The van der Waals surface area contributed by atoms with Crippen molar-refractivity contribution in [3.63, 3.8) is 0 Å². The lowest BCUT2D eigenvalue weighted by atomic mass is 10.0. The van der Waals surface area contributed by atoms with Crippen molar-refractivity contribution in [2.45, 2.75) is 36.1 Å². The number of carbonyl (C=O) groups is 1. The second-order valence-corrected chi connectivity index (χ2v) is 11.9. The molecule has 5 rings (SSSR count). The number of sulfonamides is 1. The minimum absolute atomic E-state index is 0.252. The molecular weight excluding hydrogens is 476 g/mol. The van der Waals surface area contributed by atoms with Gasteiger partial charge in [0.25, 0.3) is 10.0 Å². The number of piperidine rings is 1. The number of amides is 1. The SMILES string of the molecule is O=C(C1CCCCN1S(=O)(=O)c1cccs1)N(Cc1cccnc1)c1nc2ccccc2s1. The van der Waals surface area contributed by atoms with Crippen LogP contribution in [0.2, 0.25) is 0 Å². The molecule has 1 unspecified atom stereocenters. The average molecular weight is 499 g/mol. The highest BCUT2D eigenvalue weighted by atomic mass is 32.2. The maximum absolute atomic E-state index is 14.0. The lowest BCUT2D eigenvalue weighted by molar-refractivity contribution is -0.123. The van der Waals surface area contributed by atoms with Crippen LogP contribution in [0.1, 0.15) is 24.8 Å². The summed E-state index contributed by atoms with van der Waals surface area (Å²) < 4.78 is 29.4. The van der Waals surface area contributed by atoms with Gasteiger partial charge in [-0.25, -0.2) is 13.4 Å². The van der Waals surface area contributed by atoms with Crippen molar-refractivity contribution >= 4 is 54.0 Å². The van der Waals surface area contributed by atoms with Crippen LogP contribution in [0, 0.1) is 0 Å². The van der Waals surface area contributed by atoms with Crippen LogP contribution in [0.4, 0.5) is 5.13 Å². The van der Waals surface area contributed by atoms with E-state index < -0.39 is 16.1 Å². The smallest absolute Gasteiger partial charge is 0.253 e. The van der Waals surface area contributed by atoms with Gasteiger partial charge in [-0.05, 0) is 48.1 Å². The molecular formula is C23H22N4O3S3. The van der Waals surface area contributed by atoms with E-state index in [4.69, 9.17) is 4.98 Å². The molecule has 4 heterocycles. The Morgan fingerprint density at radius 3 is 2.76 bits per heavy atom. The molecule has 1 aromatic carbocycles. The Hall–Kier alpha value is -2.66. The van der Waals surface area contributed by atoms with Gasteiger partial charge in [-0.15, -0.1) is 11.3 Å². The minimum atomic E-state index is -3.75. The fourth-order valence-corrected chi connectivity index (χ4v) is 7.78. The zero-order chi connectivity index (χ0) is 22.8. The van der Waals surface area contributed by atoms with Crippen molar-refractivity contribution in [3.8, 4) is 0 Å². The van der Waals surface area contributed by atoms with Gasteiger partial charge in [-0.3, -0.25) is 14.7 Å². The highest BCUT2D eigenvalue weighted by molar-refractivity contribution is 7.91. The molecule has 0 saturated carbocycles. The molecule has 10 heteroatoms. The molecule has 0 spiro atoms. The Kier molecular flexibility index (Phi) is 6.24. The Balaban J connectivity index is 1.53. The topological polar surface area (TPSA) is 83.5 Å². The summed E-state index contributed by atoms with van der Waals surface area (Å²) in [6.07, 6.45) is 5.42. The van der Waals surface area contributed by atoms with E-state index in [2.05, 4.69) is 4.98 Å². The summed E-state index contributed by atoms with van der Waals surface area (Å²) in [4.78, 5) is 24.5. The Morgan fingerprint density at radius 1 is 1.12 bits per heavy atom. The number of rotatable bonds is 6. The zero-order valence-electron chi connectivity index (χ0n) is 17.7. The third-order valence-corrected chi connectivity index (χ3v) is 9.98. The molecule has 7 nitrogen and oxygen atoms in total. The van der Waals surface area contributed by atoms with Gasteiger partial charge in [0, 0.05) is 18.9 Å². The molecule has 1 atom stereocenters. The fraction of sp³-hybridized carbons (Fsp3) is 0.261. The predicted molar refractivity (Wildman–Crippen MR) is 131 cm³/mol. The number of thiazole rings is 1. The first kappa shape index (κ1) is 22.1. The van der Waals surface area contributed by atoms with E-state index in [9.17, 15) is 13.2 Å². The summed E-state index contributed by atoms with van der Waals surface area (Å²) in [5.74, 6) is -0.252. The fourth-order valence-electron chi connectivity index (χ4n) is 4.03. The molecule has 1 fully saturated rings. The first-order valence-corrected chi connectivity index (χ1v) is 13.8. The molecule has 1 aliphatic rings. The molecule has 0 radical (unpaired) electrons. The number of fused-ring (bicyclic) bond motifs is 1. The molecule has 33 heavy (non-hydrogen) atoms. The third-order valence-electron chi connectivity index (χ3n) is 5.64. The number of para-hydroxylation sites is 1. The molecule has 0 aliphatic carbocycles. The van der Waals surface area contributed by atoms with E-state index >= 15 is 0 Å². The lowest BCUT2D eigenvalue weighted by Crippen LogP contribution is -2.52. The Bertz CT molecular complexity index is 1320. The predicted octanol–water partition coefficient (Wildman–Crippen LogP) is 4.53. The number of carbonyl (C=O) groups excluding carboxylic acids is 1. The number of hydrogen-bond acceptors (Lipinski definition) is 7. The largest absolute Gasteiger partial charge is 0.282 e. The van der Waals surface area contributed by atoms with Crippen molar-refractivity contribution in [2.24, 2.45) is 0 Å². The van der Waals surface area contributed by atoms with Crippen LogP contribution in [-0.2, 0) is 21.4 Å². The number of pyridine rings is 1. The van der Waals surface area contributed by atoms with Crippen LogP contribution in [0.3, 0.4) is 0 Å². The van der Waals surface area contributed by atoms with Gasteiger partial charge >= 0.3 is 0 Å². The summed E-state index contributed by atoms with van der Waals surface area (Å²) >= 11 is 2.61. The number of benzene rings is 1. The summed E-state index contributed by atoms with van der Waals surface area (Å²) in [5.41, 5.74) is 1.67. The highest BCUT2D eigenvalue weighted by Crippen LogP contribution is 2.33. The van der Waals surface area contributed by atoms with E-state index in [0.29, 0.717) is 18.1 Å². The zero-order valence-corrected chi connectivity index (χ0v) is 20.2. The van der Waals surface area contributed by atoms with Crippen molar-refractivity contribution in [2.75, 3.05) is 11.4 Å². The van der Waals surface area contributed by atoms with Gasteiger partial charge in [-0.1, -0.05) is 42.0 Å². The van der Waals surface area contributed by atoms with Gasteiger partial charge in [0.1, 0.15) is 10.3 Å². The van der Waals surface area contributed by atoms with Gasteiger partial charge < -0.3 is 0 Å². The highest BCUT2D eigenvalue weighted by Gasteiger charge is 2.40. The molecule has 170 valence electrons. The first-order chi connectivity index (χ1) is 16.0. The van der Waals surface area contributed by atoms with Gasteiger partial charge in [-0.2, -0.15) is 4.31 Å². The number of thiophene rings is 1. The van der Waals surface area contributed by atoms with Gasteiger partial charge in [0.2, 0.25) is 5.91 Å². The average Bonchev–Trinajstić information content (AvgIpc) is 3.53. The molecule has 1 aliphatic heterocycles. The van der Waals surface area contributed by atoms with Crippen LogP contribution in [-0.4, -0.2) is 41.2 Å². The molecule has 3 aromatic heterocycles. The summed E-state index contributed by atoms with van der Waals surface area (Å²) in [6, 6.07) is 14.0. The second-order valence-electron chi connectivity index (χ2n) is 7.81. The van der Waals surface area contributed by atoms with E-state index in [1.54, 1.807) is 34.8 Å². The molecule has 0 N–H and O–H groups in total. The molecule has 0 bridgehead atoms. The maximum atomic E-state index is 14.0. The molecule has 1 saturated heterocycles. The van der Waals surface area contributed by atoms with E-state index in [1.807, 2.05) is 36.4 Å². The summed E-state index contributed by atoms with van der Waals surface area (Å²) in [6.45, 7) is 0.604. The Morgan fingerprint density at radius 2 is 2.00 bits per heavy atom. The lowest BCUT2D eigenvalue weighted by Gasteiger charge is -2.35. The number of hydrogen-bond donors (Lipinski definition) is 0. The van der Waals surface area contributed by atoms with Crippen molar-refractivity contribution in [1.82, 2.24) is 14.3 Å². The standard InChI is InChI=1S/C23H22N4O3S3/c28-22(19-9-3-4-13-27(19)33(29,30)21-11-6-14-31-21)26(16-17-7-5-12-24-15-17)23-25-18-8-1-2-10-20(18)32-23/h1-2,5-8,10-12,14-15,19H,3-4,9,13,16H2. The van der Waals surface area contributed by atoms with Crippen LogP contribution in [0.15, 0.2) is 70.5 Å². The van der Waals surface area contributed by atoms with Crippen LogP contribution >= 0.6 is 22.7 Å². The third kappa shape index (κ3) is 4.43.